The van der Waals surface area contributed by atoms with Crippen LogP contribution in [-0.2, 0) is 14.8 Å². The van der Waals surface area contributed by atoms with E-state index in [1.54, 1.807) is 49.6 Å². The van der Waals surface area contributed by atoms with Crippen LogP contribution in [0, 0.1) is 6.92 Å². The molecule has 3 aromatic rings. The van der Waals surface area contributed by atoms with Crippen LogP contribution in [0.2, 0.25) is 0 Å². The molecule has 2 aromatic carbocycles. The van der Waals surface area contributed by atoms with Crippen LogP contribution >= 0.6 is 11.8 Å². The van der Waals surface area contributed by atoms with Crippen molar-refractivity contribution in [2.45, 2.75) is 29.0 Å². The molecule has 1 amide bonds. The van der Waals surface area contributed by atoms with E-state index >= 15 is 0 Å². The highest BCUT2D eigenvalue weighted by Gasteiger charge is 2.19. The topological polar surface area (TPSA) is 88.6 Å². The van der Waals surface area contributed by atoms with E-state index in [2.05, 4.69) is 10.3 Å². The van der Waals surface area contributed by atoms with Gasteiger partial charge in [-0.2, -0.15) is 0 Å². The maximum atomic E-state index is 12.6. The van der Waals surface area contributed by atoms with Gasteiger partial charge in [-0.25, -0.2) is 17.7 Å². The second-order valence-corrected chi connectivity index (χ2v) is 10.7. The van der Waals surface area contributed by atoms with Crippen LogP contribution in [0.3, 0.4) is 0 Å². The normalized spacial score (nSPS) is 12.7. The highest BCUT2D eigenvalue weighted by atomic mass is 32.2. The van der Waals surface area contributed by atoms with Gasteiger partial charge >= 0.3 is 0 Å². The number of pyridine rings is 1. The molecule has 7 nitrogen and oxygen atoms in total. The molecular weight excluding hydrogens is 434 g/mol. The van der Waals surface area contributed by atoms with Crippen molar-refractivity contribution in [3.8, 4) is 5.75 Å². The quantitative estimate of drug-likeness (QED) is 0.539. The number of nitrogens with one attached hydrogen (secondary N) is 1. The van der Waals surface area contributed by atoms with E-state index in [-0.39, 0.29) is 16.1 Å². The average molecular weight is 460 g/mol. The minimum Gasteiger partial charge on any atom is -0.497 e. The molecular formula is C22H25N3O4S2. The number of thioether (sulfide) groups is 1. The molecule has 0 aliphatic rings. The molecule has 1 aromatic heterocycles. The molecule has 0 saturated heterocycles. The number of benzene rings is 2. The van der Waals surface area contributed by atoms with Crippen molar-refractivity contribution in [2.75, 3.05) is 26.5 Å². The molecule has 0 saturated carbocycles. The van der Waals surface area contributed by atoms with Gasteiger partial charge in [0, 0.05) is 25.2 Å². The van der Waals surface area contributed by atoms with Gasteiger partial charge in [-0.3, -0.25) is 4.79 Å². The number of carbonyl (C=O) groups is 1. The minimum atomic E-state index is -3.52. The lowest BCUT2D eigenvalue weighted by Crippen LogP contribution is -2.22. The van der Waals surface area contributed by atoms with Gasteiger partial charge in [0.2, 0.25) is 15.9 Å². The number of methoxy groups -OCH3 is 1. The number of anilines is 1. The highest BCUT2D eigenvalue weighted by Crippen LogP contribution is 2.29. The van der Waals surface area contributed by atoms with Gasteiger partial charge in [-0.1, -0.05) is 11.8 Å². The maximum absolute atomic E-state index is 12.6. The lowest BCUT2D eigenvalue weighted by Gasteiger charge is -2.14. The molecule has 0 aliphatic heterocycles. The zero-order chi connectivity index (χ0) is 22.8. The summed E-state index contributed by atoms with van der Waals surface area (Å²) in [6.07, 6.45) is 0. The van der Waals surface area contributed by atoms with E-state index in [9.17, 15) is 13.2 Å². The summed E-state index contributed by atoms with van der Waals surface area (Å²) in [6, 6.07) is 13.9. The Labute approximate surface area is 186 Å². The van der Waals surface area contributed by atoms with Gasteiger partial charge in [0.1, 0.15) is 5.75 Å². The van der Waals surface area contributed by atoms with Crippen LogP contribution in [0.25, 0.3) is 10.9 Å². The molecule has 0 unspecified atom stereocenters. The maximum Gasteiger partial charge on any atom is 0.242 e. The van der Waals surface area contributed by atoms with E-state index in [4.69, 9.17) is 4.74 Å². The van der Waals surface area contributed by atoms with Crippen molar-refractivity contribution in [2.24, 2.45) is 0 Å². The zero-order valence-corrected chi connectivity index (χ0v) is 19.7. The molecule has 0 fully saturated rings. The van der Waals surface area contributed by atoms with Crippen LogP contribution in [0.4, 0.5) is 5.69 Å². The Bertz CT molecular complexity index is 1210. The van der Waals surface area contributed by atoms with Crippen molar-refractivity contribution < 1.29 is 17.9 Å². The first-order chi connectivity index (χ1) is 14.6. The summed E-state index contributed by atoms with van der Waals surface area (Å²) in [6.45, 7) is 3.72. The molecule has 0 bridgehead atoms. The number of sulfonamides is 1. The summed E-state index contributed by atoms with van der Waals surface area (Å²) < 4.78 is 31.1. The standard InChI is InChI=1S/C22H25N3O4S2/c1-14-12-21(24-20-11-10-18(13-19(14)20)31(27,28)25(3)4)30-15(2)22(26)23-16-6-8-17(29-5)9-7-16/h6-13,15H,1-5H3,(H,23,26)/t15-/m1/s1. The number of aromatic nitrogens is 1. The summed E-state index contributed by atoms with van der Waals surface area (Å²) in [5.41, 5.74) is 2.27. The highest BCUT2D eigenvalue weighted by molar-refractivity contribution is 8.00. The first-order valence-electron chi connectivity index (χ1n) is 9.57. The summed E-state index contributed by atoms with van der Waals surface area (Å²) in [7, 11) is 1.08. The molecule has 31 heavy (non-hydrogen) atoms. The van der Waals surface area contributed by atoms with Gasteiger partial charge in [0.25, 0.3) is 0 Å². The molecule has 1 atom stereocenters. The van der Waals surface area contributed by atoms with Crippen molar-refractivity contribution in [1.29, 1.82) is 0 Å². The molecule has 1 heterocycles. The molecule has 0 spiro atoms. The SMILES string of the molecule is COc1ccc(NC(=O)[C@@H](C)Sc2cc(C)c3cc(S(=O)(=O)N(C)C)ccc3n2)cc1. The third-order valence-electron chi connectivity index (χ3n) is 4.77. The fourth-order valence-electron chi connectivity index (χ4n) is 2.93. The number of fused-ring (bicyclic) bond motifs is 1. The summed E-state index contributed by atoms with van der Waals surface area (Å²) in [4.78, 5) is 17.4. The van der Waals surface area contributed by atoms with E-state index in [1.165, 1.54) is 30.2 Å². The van der Waals surface area contributed by atoms with E-state index in [0.717, 1.165) is 16.7 Å². The zero-order valence-electron chi connectivity index (χ0n) is 18.0. The molecule has 0 radical (unpaired) electrons. The molecule has 9 heteroatoms. The van der Waals surface area contributed by atoms with Crippen molar-refractivity contribution in [3.63, 3.8) is 0 Å². The third-order valence-corrected chi connectivity index (χ3v) is 7.60. The summed E-state index contributed by atoms with van der Waals surface area (Å²) in [5.74, 6) is 0.583. The Morgan fingerprint density at radius 2 is 1.81 bits per heavy atom. The van der Waals surface area contributed by atoms with Crippen molar-refractivity contribution in [3.05, 3.63) is 54.1 Å². The monoisotopic (exact) mass is 459 g/mol. The van der Waals surface area contributed by atoms with Gasteiger partial charge in [-0.05, 0) is 67.9 Å². The first kappa shape index (κ1) is 23.1. The molecule has 0 aliphatic carbocycles. The Balaban J connectivity index is 1.78. The van der Waals surface area contributed by atoms with E-state index < -0.39 is 10.0 Å². The molecule has 164 valence electrons. The number of hydrogen-bond acceptors (Lipinski definition) is 6. The third kappa shape index (κ3) is 5.17. The Kier molecular flexibility index (Phi) is 6.88. The molecule has 1 N–H and O–H groups in total. The predicted molar refractivity (Wildman–Crippen MR) is 124 cm³/mol. The second-order valence-electron chi connectivity index (χ2n) is 7.22. The smallest absolute Gasteiger partial charge is 0.242 e. The molecule has 3 rings (SSSR count). The van der Waals surface area contributed by atoms with Crippen LogP contribution in [-0.4, -0.2) is 50.1 Å². The van der Waals surface area contributed by atoms with Gasteiger partial charge in [0.15, 0.2) is 0 Å². The van der Waals surface area contributed by atoms with Crippen LogP contribution in [0.1, 0.15) is 12.5 Å². The largest absolute Gasteiger partial charge is 0.497 e. The fraction of sp³-hybridized carbons (Fsp3) is 0.273. The van der Waals surface area contributed by atoms with Gasteiger partial charge < -0.3 is 10.1 Å². The average Bonchev–Trinajstić information content (AvgIpc) is 2.73. The first-order valence-corrected chi connectivity index (χ1v) is 11.9. The summed E-state index contributed by atoms with van der Waals surface area (Å²) in [5, 5.41) is 3.98. The summed E-state index contributed by atoms with van der Waals surface area (Å²) >= 11 is 1.35. The van der Waals surface area contributed by atoms with Crippen molar-refractivity contribution in [1.82, 2.24) is 9.29 Å². The number of aryl methyl sites for hydroxylation is 1. The Hall–Kier alpha value is -2.62. The number of hydrogen-bond donors (Lipinski definition) is 1. The van der Waals surface area contributed by atoms with Crippen LogP contribution in [0.5, 0.6) is 5.75 Å². The fourth-order valence-corrected chi connectivity index (χ4v) is 4.78. The minimum absolute atomic E-state index is 0.137. The van der Waals surface area contributed by atoms with Crippen molar-refractivity contribution >= 4 is 44.3 Å². The number of nitrogens with zero attached hydrogens (tertiary/aromatic N) is 2. The predicted octanol–water partition coefficient (Wildman–Crippen LogP) is 3.92. The second kappa shape index (κ2) is 9.25. The number of rotatable bonds is 7. The van der Waals surface area contributed by atoms with E-state index in [1.807, 2.05) is 19.9 Å². The van der Waals surface area contributed by atoms with E-state index in [0.29, 0.717) is 16.2 Å². The van der Waals surface area contributed by atoms with Crippen LogP contribution in [0.15, 0.2) is 58.5 Å². The lowest BCUT2D eigenvalue weighted by atomic mass is 10.1. The Morgan fingerprint density at radius 3 is 2.42 bits per heavy atom. The number of carbonyl (C=O) groups excluding carboxylic acids is 1. The van der Waals surface area contributed by atoms with Gasteiger partial charge in [0.05, 0.1) is 27.8 Å². The van der Waals surface area contributed by atoms with Crippen LogP contribution < -0.4 is 10.1 Å². The number of amides is 1. The van der Waals surface area contributed by atoms with Gasteiger partial charge in [-0.15, -0.1) is 0 Å². The Morgan fingerprint density at radius 1 is 1.13 bits per heavy atom. The number of ether oxygens (including phenoxy) is 1. The lowest BCUT2D eigenvalue weighted by molar-refractivity contribution is -0.115.